The van der Waals surface area contributed by atoms with Gasteiger partial charge in [0.2, 0.25) is 5.82 Å². The number of ether oxygens (including phenoxy) is 1. The predicted octanol–water partition coefficient (Wildman–Crippen LogP) is 3.26. The molecule has 1 aliphatic rings. The molecule has 0 amide bonds. The monoisotopic (exact) mass is 294 g/mol. The summed E-state index contributed by atoms with van der Waals surface area (Å²) in [6.07, 6.45) is 5.60. The summed E-state index contributed by atoms with van der Waals surface area (Å²) in [5.41, 5.74) is -0.189. The number of rotatable bonds is 5. The molecule has 1 N–H and O–H groups in total. The van der Waals surface area contributed by atoms with Gasteiger partial charge in [0, 0.05) is 12.0 Å². The number of nitrogens with zero attached hydrogens (tertiary/aromatic N) is 3. The van der Waals surface area contributed by atoms with E-state index in [1.165, 1.54) is 13.5 Å². The number of aromatic nitrogens is 2. The van der Waals surface area contributed by atoms with E-state index in [4.69, 9.17) is 4.74 Å². The minimum atomic E-state index is -0.492. The second-order valence-corrected chi connectivity index (χ2v) is 5.68. The quantitative estimate of drug-likeness (QED) is 0.662. The van der Waals surface area contributed by atoms with Crippen molar-refractivity contribution < 1.29 is 9.66 Å². The van der Waals surface area contributed by atoms with Crippen LogP contribution in [0.1, 0.15) is 57.7 Å². The lowest BCUT2D eigenvalue weighted by Crippen LogP contribution is -2.17. The predicted molar refractivity (Wildman–Crippen MR) is 79.8 cm³/mol. The molecule has 21 heavy (non-hydrogen) atoms. The summed E-state index contributed by atoms with van der Waals surface area (Å²) in [4.78, 5) is 19.5. The number of nitro groups is 1. The van der Waals surface area contributed by atoms with Crippen LogP contribution in [0.3, 0.4) is 0 Å². The molecule has 1 aromatic rings. The topological polar surface area (TPSA) is 90.2 Å². The van der Waals surface area contributed by atoms with Gasteiger partial charge in [-0.25, -0.2) is 4.98 Å². The molecule has 116 valence electrons. The second kappa shape index (κ2) is 6.69. The van der Waals surface area contributed by atoms with E-state index in [9.17, 15) is 10.1 Å². The first-order chi connectivity index (χ1) is 10.0. The molecule has 0 aromatic carbocycles. The maximum Gasteiger partial charge on any atom is 0.372 e. The van der Waals surface area contributed by atoms with Crippen LogP contribution in [0.4, 0.5) is 11.5 Å². The summed E-state index contributed by atoms with van der Waals surface area (Å²) >= 11 is 0. The smallest absolute Gasteiger partial charge is 0.372 e. The van der Waals surface area contributed by atoms with Gasteiger partial charge in [-0.15, -0.1) is 0 Å². The van der Waals surface area contributed by atoms with Crippen molar-refractivity contribution in [1.29, 1.82) is 0 Å². The Morgan fingerprint density at radius 1 is 1.29 bits per heavy atom. The normalized spacial score (nSPS) is 16.0. The first-order valence-corrected chi connectivity index (χ1v) is 7.39. The Balaban J connectivity index is 2.45. The van der Waals surface area contributed by atoms with E-state index in [-0.39, 0.29) is 29.3 Å². The number of hydrogen-bond donors (Lipinski definition) is 1. The molecule has 7 nitrogen and oxygen atoms in total. The Bertz CT molecular complexity index is 513. The van der Waals surface area contributed by atoms with Crippen LogP contribution in [0, 0.1) is 10.1 Å². The highest BCUT2D eigenvalue weighted by molar-refractivity contribution is 5.62. The van der Waals surface area contributed by atoms with E-state index < -0.39 is 4.92 Å². The third kappa shape index (κ3) is 3.59. The number of nitrogens with one attached hydrogen (secondary N) is 1. The van der Waals surface area contributed by atoms with Gasteiger partial charge in [0.15, 0.2) is 0 Å². The third-order valence-electron chi connectivity index (χ3n) is 3.64. The lowest BCUT2D eigenvalue weighted by Gasteiger charge is -2.21. The van der Waals surface area contributed by atoms with Gasteiger partial charge in [-0.3, -0.25) is 10.1 Å². The molecule has 1 saturated carbocycles. The maximum absolute atomic E-state index is 11.3. The van der Waals surface area contributed by atoms with E-state index in [1.807, 2.05) is 13.8 Å². The highest BCUT2D eigenvalue weighted by atomic mass is 16.6. The second-order valence-electron chi connectivity index (χ2n) is 5.68. The molecule has 0 unspecified atom stereocenters. The summed E-state index contributed by atoms with van der Waals surface area (Å²) < 4.78 is 5.13. The molecule has 0 saturated heterocycles. The van der Waals surface area contributed by atoms with Crippen molar-refractivity contribution in [3.8, 4) is 5.88 Å². The molecule has 1 heterocycles. The van der Waals surface area contributed by atoms with Crippen LogP contribution >= 0.6 is 0 Å². The van der Waals surface area contributed by atoms with E-state index in [1.54, 1.807) is 0 Å². The van der Waals surface area contributed by atoms with Gasteiger partial charge < -0.3 is 10.1 Å². The van der Waals surface area contributed by atoms with Crippen LogP contribution in [-0.2, 0) is 0 Å². The largest absolute Gasteiger partial charge is 0.476 e. The fourth-order valence-electron chi connectivity index (χ4n) is 2.68. The van der Waals surface area contributed by atoms with Gasteiger partial charge in [0.25, 0.3) is 5.88 Å². The van der Waals surface area contributed by atoms with E-state index in [2.05, 4.69) is 15.3 Å². The number of anilines is 1. The lowest BCUT2D eigenvalue weighted by molar-refractivity contribution is -0.385. The van der Waals surface area contributed by atoms with E-state index in [0.29, 0.717) is 5.82 Å². The summed E-state index contributed by atoms with van der Waals surface area (Å²) in [6.45, 7) is 3.83. The van der Waals surface area contributed by atoms with Crippen LogP contribution in [0.2, 0.25) is 0 Å². The van der Waals surface area contributed by atoms with Crippen molar-refractivity contribution in [3.05, 3.63) is 15.9 Å². The molecule has 1 aromatic heterocycles. The molecule has 0 spiro atoms. The van der Waals surface area contributed by atoms with Crippen molar-refractivity contribution in [2.75, 3.05) is 12.4 Å². The zero-order valence-electron chi connectivity index (χ0n) is 12.8. The number of hydrogen-bond acceptors (Lipinski definition) is 6. The molecule has 0 atom stereocenters. The van der Waals surface area contributed by atoms with Gasteiger partial charge >= 0.3 is 5.69 Å². The van der Waals surface area contributed by atoms with Gasteiger partial charge in [0.1, 0.15) is 5.82 Å². The summed E-state index contributed by atoms with van der Waals surface area (Å²) in [6, 6.07) is 0.0440. The van der Waals surface area contributed by atoms with Crippen molar-refractivity contribution in [2.24, 2.45) is 0 Å². The van der Waals surface area contributed by atoms with Crippen molar-refractivity contribution in [3.63, 3.8) is 0 Å². The SMILES string of the molecule is COc1nc(C2CCCCC2)nc(NC(C)C)c1[N+](=O)[O-]. The van der Waals surface area contributed by atoms with Crippen molar-refractivity contribution >= 4 is 11.5 Å². The molecule has 7 heteroatoms. The highest BCUT2D eigenvalue weighted by Gasteiger charge is 2.29. The molecule has 0 bridgehead atoms. The minimum Gasteiger partial charge on any atom is -0.476 e. The highest BCUT2D eigenvalue weighted by Crippen LogP contribution is 2.37. The Hall–Kier alpha value is -1.92. The molecule has 0 radical (unpaired) electrons. The van der Waals surface area contributed by atoms with Crippen LogP contribution in [0.5, 0.6) is 5.88 Å². The Labute approximate surface area is 124 Å². The Kier molecular flexibility index (Phi) is 4.93. The van der Waals surface area contributed by atoms with Crippen molar-refractivity contribution in [1.82, 2.24) is 9.97 Å². The van der Waals surface area contributed by atoms with Crippen LogP contribution in [-0.4, -0.2) is 28.0 Å². The van der Waals surface area contributed by atoms with Gasteiger partial charge in [-0.1, -0.05) is 19.3 Å². The summed E-state index contributed by atoms with van der Waals surface area (Å²) in [5, 5.41) is 14.3. The van der Waals surface area contributed by atoms with Gasteiger partial charge in [0.05, 0.1) is 12.0 Å². The average Bonchev–Trinajstić information content (AvgIpc) is 2.46. The maximum atomic E-state index is 11.3. The van der Waals surface area contributed by atoms with Gasteiger partial charge in [-0.2, -0.15) is 4.98 Å². The molecule has 1 fully saturated rings. The van der Waals surface area contributed by atoms with E-state index in [0.717, 1.165) is 25.7 Å². The first-order valence-electron chi connectivity index (χ1n) is 7.39. The van der Waals surface area contributed by atoms with Crippen LogP contribution in [0.25, 0.3) is 0 Å². The van der Waals surface area contributed by atoms with Crippen LogP contribution < -0.4 is 10.1 Å². The lowest BCUT2D eigenvalue weighted by atomic mass is 9.88. The summed E-state index contributed by atoms with van der Waals surface area (Å²) in [5.74, 6) is 1.21. The third-order valence-corrected chi connectivity index (χ3v) is 3.64. The standard InChI is InChI=1S/C14H22N4O3/c1-9(2)15-13-11(18(19)20)14(21-3)17-12(16-13)10-7-5-4-6-8-10/h9-10H,4-8H2,1-3H3,(H,15,16,17). The van der Waals surface area contributed by atoms with E-state index >= 15 is 0 Å². The summed E-state index contributed by atoms with van der Waals surface area (Å²) in [7, 11) is 1.40. The number of methoxy groups -OCH3 is 1. The van der Waals surface area contributed by atoms with Crippen LogP contribution in [0.15, 0.2) is 0 Å². The minimum absolute atomic E-state index is 0.0405. The van der Waals surface area contributed by atoms with Crippen molar-refractivity contribution in [2.45, 2.75) is 57.9 Å². The molecule has 1 aliphatic carbocycles. The fraction of sp³-hybridized carbons (Fsp3) is 0.714. The average molecular weight is 294 g/mol. The first kappa shape index (κ1) is 15.5. The van der Waals surface area contributed by atoms with Gasteiger partial charge in [-0.05, 0) is 26.7 Å². The molecular weight excluding hydrogens is 272 g/mol. The molecular formula is C14H22N4O3. The fourth-order valence-corrected chi connectivity index (χ4v) is 2.68. The zero-order chi connectivity index (χ0) is 15.4. The zero-order valence-corrected chi connectivity index (χ0v) is 12.8. The Morgan fingerprint density at radius 3 is 2.48 bits per heavy atom. The molecule has 0 aliphatic heterocycles. The molecule has 2 rings (SSSR count). The Morgan fingerprint density at radius 2 is 1.95 bits per heavy atom.